The molecule has 1 aliphatic heterocycles. The summed E-state index contributed by atoms with van der Waals surface area (Å²) in [7, 11) is 0. The number of nitrogens with two attached hydrogens (primary N) is 1. The van der Waals surface area contributed by atoms with Gasteiger partial charge in [-0.25, -0.2) is 10.6 Å². The molecular weight excluding hydrogens is 146 g/mol. The summed E-state index contributed by atoms with van der Waals surface area (Å²) in [6.07, 6.45) is 0.877. The van der Waals surface area contributed by atoms with E-state index in [4.69, 9.17) is 10.9 Å². The lowest BCUT2D eigenvalue weighted by molar-refractivity contribution is 0.118. The fourth-order valence-corrected chi connectivity index (χ4v) is 1.13. The first-order valence-corrected chi connectivity index (χ1v) is 3.67. The van der Waals surface area contributed by atoms with Gasteiger partial charge in [0.15, 0.2) is 0 Å². The van der Waals surface area contributed by atoms with Gasteiger partial charge in [0.1, 0.15) is 0 Å². The Bertz CT molecular complexity index is 149. The molecule has 2 amide bonds. The summed E-state index contributed by atoms with van der Waals surface area (Å²) in [5.41, 5.74) is 0. The Balaban J connectivity index is 2.44. The van der Waals surface area contributed by atoms with Crippen LogP contribution in [0.2, 0.25) is 0 Å². The first kappa shape index (κ1) is 8.29. The van der Waals surface area contributed by atoms with E-state index in [2.05, 4.69) is 0 Å². The number of aliphatic hydroxyl groups is 1. The Morgan fingerprint density at radius 1 is 1.55 bits per heavy atom. The summed E-state index contributed by atoms with van der Waals surface area (Å²) in [5, 5.41) is 9.75. The summed E-state index contributed by atoms with van der Waals surface area (Å²) in [5.74, 6) is 5.36. The molecule has 1 fully saturated rings. The SMILES string of the molecule is NN1CCCN(CCO)C1=O. The lowest BCUT2D eigenvalue weighted by Gasteiger charge is -2.32. The third-order valence-corrected chi connectivity index (χ3v) is 1.71. The number of nitrogens with zero attached hydrogens (tertiary/aromatic N) is 2. The number of urea groups is 1. The monoisotopic (exact) mass is 159 g/mol. The quantitative estimate of drug-likeness (QED) is 0.400. The number of hydrazine groups is 1. The van der Waals surface area contributed by atoms with E-state index < -0.39 is 0 Å². The second kappa shape index (κ2) is 3.54. The first-order valence-electron chi connectivity index (χ1n) is 3.67. The van der Waals surface area contributed by atoms with Crippen molar-refractivity contribution in [2.75, 3.05) is 26.2 Å². The predicted octanol–water partition coefficient (Wildman–Crippen LogP) is -1.02. The summed E-state index contributed by atoms with van der Waals surface area (Å²) < 4.78 is 0. The third-order valence-electron chi connectivity index (χ3n) is 1.71. The van der Waals surface area contributed by atoms with Crippen molar-refractivity contribution in [2.45, 2.75) is 6.42 Å². The second-order valence-corrected chi connectivity index (χ2v) is 2.54. The molecule has 11 heavy (non-hydrogen) atoms. The number of carbonyl (C=O) groups is 1. The highest BCUT2D eigenvalue weighted by Crippen LogP contribution is 2.03. The van der Waals surface area contributed by atoms with Gasteiger partial charge in [-0.2, -0.15) is 0 Å². The Hall–Kier alpha value is -0.810. The minimum atomic E-state index is -0.190. The molecule has 0 aromatic heterocycles. The molecule has 0 radical (unpaired) electrons. The van der Waals surface area contributed by atoms with E-state index in [1.165, 1.54) is 5.01 Å². The fraction of sp³-hybridized carbons (Fsp3) is 0.833. The molecule has 0 aromatic carbocycles. The molecule has 0 aliphatic carbocycles. The summed E-state index contributed by atoms with van der Waals surface area (Å²) in [6, 6.07) is -0.190. The van der Waals surface area contributed by atoms with Crippen molar-refractivity contribution in [3.63, 3.8) is 0 Å². The van der Waals surface area contributed by atoms with Crippen LogP contribution in [0, 0.1) is 0 Å². The van der Waals surface area contributed by atoms with E-state index in [0.717, 1.165) is 6.42 Å². The van der Waals surface area contributed by atoms with Gasteiger partial charge >= 0.3 is 6.03 Å². The molecule has 1 saturated heterocycles. The lowest BCUT2D eigenvalue weighted by Crippen LogP contribution is -2.53. The molecule has 0 unspecified atom stereocenters. The number of amides is 2. The van der Waals surface area contributed by atoms with Gasteiger partial charge in [-0.3, -0.25) is 5.01 Å². The van der Waals surface area contributed by atoms with Crippen molar-refractivity contribution < 1.29 is 9.90 Å². The van der Waals surface area contributed by atoms with Crippen LogP contribution in [0.4, 0.5) is 4.79 Å². The van der Waals surface area contributed by atoms with Crippen molar-refractivity contribution in [2.24, 2.45) is 5.84 Å². The van der Waals surface area contributed by atoms with Crippen LogP contribution < -0.4 is 5.84 Å². The standard InChI is InChI=1S/C6H13N3O2/c7-9-3-1-2-8(4-5-10)6(9)11/h10H,1-5,7H2. The van der Waals surface area contributed by atoms with Gasteiger partial charge in [-0.15, -0.1) is 0 Å². The number of hydrogen-bond donors (Lipinski definition) is 2. The predicted molar refractivity (Wildman–Crippen MR) is 39.6 cm³/mol. The second-order valence-electron chi connectivity index (χ2n) is 2.54. The Morgan fingerprint density at radius 2 is 2.27 bits per heavy atom. The molecule has 5 heteroatoms. The Kier molecular flexibility index (Phi) is 2.67. The highest BCUT2D eigenvalue weighted by atomic mass is 16.3. The van der Waals surface area contributed by atoms with E-state index >= 15 is 0 Å². The molecule has 0 atom stereocenters. The van der Waals surface area contributed by atoms with Gasteiger partial charge in [0, 0.05) is 19.6 Å². The summed E-state index contributed by atoms with van der Waals surface area (Å²) in [4.78, 5) is 12.7. The molecule has 1 heterocycles. The third kappa shape index (κ3) is 1.81. The van der Waals surface area contributed by atoms with Crippen LogP contribution in [0.15, 0.2) is 0 Å². The normalized spacial score (nSPS) is 19.3. The largest absolute Gasteiger partial charge is 0.395 e. The van der Waals surface area contributed by atoms with Crippen molar-refractivity contribution in [1.29, 1.82) is 0 Å². The number of β-amino-alcohol motifs (C(OH)–C–C–N with tert-alkyl or cyclic N) is 1. The van der Waals surface area contributed by atoms with Crippen LogP contribution in [-0.2, 0) is 0 Å². The number of carbonyl (C=O) groups excluding carboxylic acids is 1. The molecule has 0 saturated carbocycles. The summed E-state index contributed by atoms with van der Waals surface area (Å²) >= 11 is 0. The van der Waals surface area contributed by atoms with Gasteiger partial charge in [0.2, 0.25) is 0 Å². The molecule has 0 aromatic rings. The molecule has 1 aliphatic rings. The van der Waals surface area contributed by atoms with Crippen molar-refractivity contribution in [3.8, 4) is 0 Å². The molecular formula is C6H13N3O2. The van der Waals surface area contributed by atoms with E-state index in [0.29, 0.717) is 19.6 Å². The van der Waals surface area contributed by atoms with Crippen molar-refractivity contribution in [3.05, 3.63) is 0 Å². The Labute approximate surface area is 65.3 Å². The topological polar surface area (TPSA) is 69.8 Å². The smallest absolute Gasteiger partial charge is 0.334 e. The minimum absolute atomic E-state index is 0.000417. The van der Waals surface area contributed by atoms with Crippen LogP contribution in [0.3, 0.4) is 0 Å². The van der Waals surface area contributed by atoms with E-state index in [-0.39, 0.29) is 12.6 Å². The molecule has 0 spiro atoms. The highest BCUT2D eigenvalue weighted by Gasteiger charge is 2.21. The van der Waals surface area contributed by atoms with Crippen LogP contribution in [0.25, 0.3) is 0 Å². The molecule has 64 valence electrons. The van der Waals surface area contributed by atoms with Gasteiger partial charge in [-0.05, 0) is 6.42 Å². The molecule has 5 nitrogen and oxygen atoms in total. The number of aliphatic hydroxyl groups excluding tert-OH is 1. The average Bonchev–Trinajstić information content (AvgIpc) is 1.99. The maximum absolute atomic E-state index is 11.1. The van der Waals surface area contributed by atoms with Crippen LogP contribution >= 0.6 is 0 Å². The van der Waals surface area contributed by atoms with Gasteiger partial charge in [-0.1, -0.05) is 0 Å². The molecule has 1 rings (SSSR count). The Morgan fingerprint density at radius 3 is 2.91 bits per heavy atom. The van der Waals surface area contributed by atoms with E-state index in [9.17, 15) is 4.79 Å². The van der Waals surface area contributed by atoms with Crippen LogP contribution in [0.1, 0.15) is 6.42 Å². The average molecular weight is 159 g/mol. The maximum atomic E-state index is 11.1. The van der Waals surface area contributed by atoms with Crippen molar-refractivity contribution >= 4 is 6.03 Å². The van der Waals surface area contributed by atoms with E-state index in [1.807, 2.05) is 0 Å². The number of rotatable bonds is 2. The van der Waals surface area contributed by atoms with Gasteiger partial charge < -0.3 is 10.0 Å². The van der Waals surface area contributed by atoms with Crippen molar-refractivity contribution in [1.82, 2.24) is 9.91 Å². The van der Waals surface area contributed by atoms with E-state index in [1.54, 1.807) is 4.90 Å². The zero-order valence-corrected chi connectivity index (χ0v) is 6.36. The first-order chi connectivity index (χ1) is 5.25. The molecule has 0 bridgehead atoms. The fourth-order valence-electron chi connectivity index (χ4n) is 1.13. The lowest BCUT2D eigenvalue weighted by atomic mass is 10.3. The van der Waals surface area contributed by atoms with Crippen LogP contribution in [-0.4, -0.2) is 47.3 Å². The highest BCUT2D eigenvalue weighted by molar-refractivity contribution is 5.74. The zero-order valence-electron chi connectivity index (χ0n) is 6.36. The number of hydrogen-bond acceptors (Lipinski definition) is 3. The minimum Gasteiger partial charge on any atom is -0.395 e. The molecule has 3 N–H and O–H groups in total. The van der Waals surface area contributed by atoms with Gasteiger partial charge in [0.05, 0.1) is 6.61 Å². The zero-order chi connectivity index (χ0) is 8.27. The maximum Gasteiger partial charge on any atom is 0.334 e. The van der Waals surface area contributed by atoms with Gasteiger partial charge in [0.25, 0.3) is 0 Å². The summed E-state index contributed by atoms with van der Waals surface area (Å²) in [6.45, 7) is 1.69. The van der Waals surface area contributed by atoms with Crippen LogP contribution in [0.5, 0.6) is 0 Å².